The number of aliphatic hydroxyl groups excluding tert-OH is 1. The number of thioether (sulfide) groups is 1. The van der Waals surface area contributed by atoms with E-state index >= 15 is 0 Å². The van der Waals surface area contributed by atoms with Gasteiger partial charge in [-0.05, 0) is 17.7 Å². The fourth-order valence-corrected chi connectivity index (χ4v) is 2.40. The first-order chi connectivity index (χ1) is 8.15. The Bertz CT molecular complexity index is 498. The van der Waals surface area contributed by atoms with Gasteiger partial charge in [-0.25, -0.2) is 0 Å². The average Bonchev–Trinajstić information content (AvgIpc) is 2.72. The van der Waals surface area contributed by atoms with Gasteiger partial charge in [-0.3, -0.25) is 4.68 Å². The number of nitrogens with two attached hydrogens (primary N) is 1. The van der Waals surface area contributed by atoms with Gasteiger partial charge in [0.15, 0.2) is 0 Å². The van der Waals surface area contributed by atoms with Crippen molar-refractivity contribution in [1.29, 1.82) is 0 Å². The summed E-state index contributed by atoms with van der Waals surface area (Å²) in [6, 6.07) is 7.34. The number of nitrogens with zero attached hydrogens (tertiary/aromatic N) is 2. The number of hydrogen-bond acceptors (Lipinski definition) is 4. The van der Waals surface area contributed by atoms with Crippen molar-refractivity contribution in [2.75, 3.05) is 11.5 Å². The lowest BCUT2D eigenvalue weighted by molar-refractivity contribution is 0.204. The number of aryl methyl sites for hydroxylation is 1. The van der Waals surface area contributed by atoms with Crippen molar-refractivity contribution in [2.24, 2.45) is 7.05 Å². The number of aliphatic hydroxyl groups is 1. The zero-order valence-electron chi connectivity index (χ0n) is 9.58. The maximum Gasteiger partial charge on any atom is 0.0884 e. The Morgan fingerprint density at radius 3 is 3.00 bits per heavy atom. The predicted octanol–water partition coefficient (Wildman–Crippen LogP) is 1.83. The molecule has 0 aliphatic heterocycles. The van der Waals surface area contributed by atoms with Crippen molar-refractivity contribution in [3.8, 4) is 0 Å². The van der Waals surface area contributed by atoms with E-state index in [2.05, 4.69) is 5.10 Å². The number of benzene rings is 1. The highest BCUT2D eigenvalue weighted by molar-refractivity contribution is 7.99. The highest BCUT2D eigenvalue weighted by Gasteiger charge is 2.09. The van der Waals surface area contributed by atoms with Crippen molar-refractivity contribution < 1.29 is 5.11 Å². The molecule has 1 aromatic heterocycles. The molecular weight excluding hydrogens is 234 g/mol. The summed E-state index contributed by atoms with van der Waals surface area (Å²) in [5.41, 5.74) is 7.20. The second-order valence-corrected chi connectivity index (χ2v) is 4.94. The third kappa shape index (κ3) is 3.25. The van der Waals surface area contributed by atoms with Crippen LogP contribution in [0.5, 0.6) is 0 Å². The first kappa shape index (κ1) is 12.0. The summed E-state index contributed by atoms with van der Waals surface area (Å²) in [5, 5.41) is 14.1. The summed E-state index contributed by atoms with van der Waals surface area (Å²) in [6.07, 6.45) is 3.21. The summed E-state index contributed by atoms with van der Waals surface area (Å²) in [4.78, 5) is 1.05. The molecule has 90 valence electrons. The fourth-order valence-electron chi connectivity index (χ4n) is 1.51. The van der Waals surface area contributed by atoms with Crippen LogP contribution in [0.15, 0.2) is 41.6 Å². The molecule has 0 saturated heterocycles. The first-order valence-electron chi connectivity index (χ1n) is 5.30. The molecule has 0 radical (unpaired) electrons. The lowest BCUT2D eigenvalue weighted by atomic mass is 10.1. The topological polar surface area (TPSA) is 64.1 Å². The molecule has 0 aliphatic carbocycles. The van der Waals surface area contributed by atoms with E-state index in [1.165, 1.54) is 0 Å². The lowest BCUT2D eigenvalue weighted by Gasteiger charge is -2.10. The lowest BCUT2D eigenvalue weighted by Crippen LogP contribution is -2.01. The Balaban J connectivity index is 1.95. The van der Waals surface area contributed by atoms with Gasteiger partial charge in [0.2, 0.25) is 0 Å². The van der Waals surface area contributed by atoms with E-state index in [1.54, 1.807) is 28.7 Å². The maximum absolute atomic E-state index is 10.0. The Labute approximate surface area is 104 Å². The second-order valence-electron chi connectivity index (χ2n) is 3.85. The van der Waals surface area contributed by atoms with Crippen LogP contribution in [0.1, 0.15) is 11.7 Å². The van der Waals surface area contributed by atoms with Crippen LogP contribution < -0.4 is 5.73 Å². The molecule has 0 bridgehead atoms. The number of aromatic nitrogens is 2. The molecule has 3 N–H and O–H groups in total. The molecule has 0 saturated carbocycles. The molecule has 5 heteroatoms. The standard InChI is InChI=1S/C12H15N3OS/c1-15-7-11(6-14-15)17-8-12(16)9-3-2-4-10(13)5-9/h2-7,12,16H,8,13H2,1H3. The van der Waals surface area contributed by atoms with E-state index in [1.807, 2.05) is 31.4 Å². The van der Waals surface area contributed by atoms with Gasteiger partial charge >= 0.3 is 0 Å². The first-order valence-corrected chi connectivity index (χ1v) is 6.28. The van der Waals surface area contributed by atoms with Gasteiger partial charge in [-0.2, -0.15) is 5.10 Å². The smallest absolute Gasteiger partial charge is 0.0884 e. The van der Waals surface area contributed by atoms with Crippen LogP contribution in [0, 0.1) is 0 Å². The summed E-state index contributed by atoms with van der Waals surface area (Å²) >= 11 is 1.58. The zero-order valence-corrected chi connectivity index (χ0v) is 10.4. The zero-order chi connectivity index (χ0) is 12.3. The molecule has 0 amide bonds. The number of anilines is 1. The van der Waals surface area contributed by atoms with Crippen LogP contribution >= 0.6 is 11.8 Å². The third-order valence-electron chi connectivity index (χ3n) is 2.38. The van der Waals surface area contributed by atoms with Crippen LogP contribution in [-0.4, -0.2) is 20.6 Å². The number of nitrogen functional groups attached to an aromatic ring is 1. The van der Waals surface area contributed by atoms with Crippen LogP contribution in [-0.2, 0) is 7.05 Å². The van der Waals surface area contributed by atoms with Crippen molar-refractivity contribution in [3.05, 3.63) is 42.2 Å². The maximum atomic E-state index is 10.0. The number of rotatable bonds is 4. The van der Waals surface area contributed by atoms with Crippen LogP contribution in [0.4, 0.5) is 5.69 Å². The number of hydrogen-bond donors (Lipinski definition) is 2. The van der Waals surface area contributed by atoms with E-state index in [-0.39, 0.29) is 0 Å². The largest absolute Gasteiger partial charge is 0.399 e. The Morgan fingerprint density at radius 2 is 2.35 bits per heavy atom. The molecule has 1 aromatic carbocycles. The van der Waals surface area contributed by atoms with E-state index in [4.69, 9.17) is 5.73 Å². The van der Waals surface area contributed by atoms with Gasteiger partial charge in [0, 0.05) is 29.6 Å². The minimum absolute atomic E-state index is 0.510. The average molecular weight is 249 g/mol. The SMILES string of the molecule is Cn1cc(SCC(O)c2cccc(N)c2)cn1. The monoisotopic (exact) mass is 249 g/mol. The predicted molar refractivity (Wildman–Crippen MR) is 69.7 cm³/mol. The molecule has 1 heterocycles. The molecule has 2 aromatic rings. The molecule has 1 unspecified atom stereocenters. The Morgan fingerprint density at radius 1 is 1.53 bits per heavy atom. The molecule has 17 heavy (non-hydrogen) atoms. The van der Waals surface area contributed by atoms with Crippen molar-refractivity contribution >= 4 is 17.4 Å². The van der Waals surface area contributed by atoms with Gasteiger partial charge < -0.3 is 10.8 Å². The molecule has 0 aliphatic rings. The molecule has 0 fully saturated rings. The normalized spacial score (nSPS) is 12.6. The van der Waals surface area contributed by atoms with E-state index in [9.17, 15) is 5.11 Å². The molecule has 1 atom stereocenters. The van der Waals surface area contributed by atoms with Crippen molar-refractivity contribution in [3.63, 3.8) is 0 Å². The second kappa shape index (κ2) is 5.25. The highest BCUT2D eigenvalue weighted by atomic mass is 32.2. The molecular formula is C12H15N3OS. The third-order valence-corrected chi connectivity index (χ3v) is 3.41. The van der Waals surface area contributed by atoms with Gasteiger partial charge in [-0.15, -0.1) is 11.8 Å². The minimum atomic E-state index is -0.510. The van der Waals surface area contributed by atoms with Crippen LogP contribution in [0.2, 0.25) is 0 Å². The van der Waals surface area contributed by atoms with Gasteiger partial charge in [0.1, 0.15) is 0 Å². The summed E-state index contributed by atoms with van der Waals surface area (Å²) < 4.78 is 1.75. The van der Waals surface area contributed by atoms with Crippen LogP contribution in [0.3, 0.4) is 0 Å². The summed E-state index contributed by atoms with van der Waals surface area (Å²) in [6.45, 7) is 0. The molecule has 2 rings (SSSR count). The Kier molecular flexibility index (Phi) is 3.71. The fraction of sp³-hybridized carbons (Fsp3) is 0.250. The van der Waals surface area contributed by atoms with E-state index in [0.29, 0.717) is 11.4 Å². The van der Waals surface area contributed by atoms with Crippen molar-refractivity contribution in [2.45, 2.75) is 11.0 Å². The van der Waals surface area contributed by atoms with Gasteiger partial charge in [0.05, 0.1) is 12.3 Å². The Hall–Kier alpha value is -1.46. The molecule has 0 spiro atoms. The quantitative estimate of drug-likeness (QED) is 0.641. The summed E-state index contributed by atoms with van der Waals surface area (Å²) in [5.74, 6) is 0.592. The highest BCUT2D eigenvalue weighted by Crippen LogP contribution is 2.24. The van der Waals surface area contributed by atoms with Crippen molar-refractivity contribution in [1.82, 2.24) is 9.78 Å². The summed E-state index contributed by atoms with van der Waals surface area (Å²) in [7, 11) is 1.87. The van der Waals surface area contributed by atoms with Gasteiger partial charge in [-0.1, -0.05) is 12.1 Å². The van der Waals surface area contributed by atoms with Crippen LogP contribution in [0.25, 0.3) is 0 Å². The van der Waals surface area contributed by atoms with Gasteiger partial charge in [0.25, 0.3) is 0 Å². The minimum Gasteiger partial charge on any atom is -0.399 e. The van der Waals surface area contributed by atoms with E-state index < -0.39 is 6.10 Å². The molecule has 4 nitrogen and oxygen atoms in total. The van der Waals surface area contributed by atoms with E-state index in [0.717, 1.165) is 10.5 Å².